The number of hydrogen-bond donors (Lipinski definition) is 3. The van der Waals surface area contributed by atoms with Gasteiger partial charge in [0.2, 0.25) is 0 Å². The fraction of sp³-hybridized carbons (Fsp3) is 0.250. The number of ether oxygens (including phenoxy) is 1. The number of benzene rings is 2. The smallest absolute Gasteiger partial charge is 0.267 e. The summed E-state index contributed by atoms with van der Waals surface area (Å²) in [6.07, 6.45) is 3.62. The van der Waals surface area contributed by atoms with E-state index in [1.165, 1.54) is 6.08 Å². The van der Waals surface area contributed by atoms with Crippen molar-refractivity contribution in [2.75, 3.05) is 26.3 Å². The van der Waals surface area contributed by atoms with Crippen LogP contribution in [0.25, 0.3) is 17.3 Å². The number of carbonyl (C=O) groups is 1. The Morgan fingerprint density at radius 2 is 1.87 bits per heavy atom. The molecule has 0 bridgehead atoms. The van der Waals surface area contributed by atoms with Gasteiger partial charge >= 0.3 is 0 Å². The molecule has 0 saturated carbocycles. The van der Waals surface area contributed by atoms with Gasteiger partial charge in [-0.05, 0) is 17.2 Å². The van der Waals surface area contributed by atoms with E-state index >= 15 is 0 Å². The topological polar surface area (TPSA) is 90.5 Å². The predicted molar refractivity (Wildman–Crippen MR) is 118 cm³/mol. The minimum atomic E-state index is -0.555. The molecule has 1 aliphatic rings. The van der Waals surface area contributed by atoms with Gasteiger partial charge in [0, 0.05) is 37.7 Å². The average molecular weight is 418 g/mol. The van der Waals surface area contributed by atoms with E-state index in [1.807, 2.05) is 42.5 Å². The molecule has 0 unspecified atom stereocenters. The van der Waals surface area contributed by atoms with Gasteiger partial charge in [0.1, 0.15) is 5.82 Å². The summed E-state index contributed by atoms with van der Waals surface area (Å²) in [5.41, 5.74) is 6.81. The molecule has 1 fully saturated rings. The minimum Gasteiger partial charge on any atom is -0.379 e. The van der Waals surface area contributed by atoms with Crippen LogP contribution >= 0.6 is 0 Å². The van der Waals surface area contributed by atoms with Crippen LogP contribution in [0.4, 0.5) is 0 Å². The molecule has 4 rings (SSSR count). The van der Waals surface area contributed by atoms with E-state index in [4.69, 9.17) is 14.9 Å². The fourth-order valence-corrected chi connectivity index (χ4v) is 3.63. The molecule has 2 heterocycles. The third-order valence-electron chi connectivity index (χ3n) is 5.25. The summed E-state index contributed by atoms with van der Waals surface area (Å²) in [6, 6.07) is 18.2. The van der Waals surface area contributed by atoms with Gasteiger partial charge in [-0.3, -0.25) is 14.9 Å². The number of rotatable bonds is 7. The Hall–Kier alpha value is -3.26. The fourth-order valence-electron chi connectivity index (χ4n) is 3.63. The molecule has 0 aliphatic carbocycles. The summed E-state index contributed by atoms with van der Waals surface area (Å²) in [5, 5.41) is 8.56. The van der Waals surface area contributed by atoms with Crippen LogP contribution in [0.15, 0.2) is 60.7 Å². The maximum atomic E-state index is 11.1. The molecule has 0 atom stereocenters. The van der Waals surface area contributed by atoms with Gasteiger partial charge < -0.3 is 9.72 Å². The molecule has 0 spiro atoms. The highest BCUT2D eigenvalue weighted by atomic mass is 16.5. The Morgan fingerprint density at radius 1 is 1.13 bits per heavy atom. The summed E-state index contributed by atoms with van der Waals surface area (Å²) >= 11 is 0. The number of H-pyrrole nitrogens is 1. The van der Waals surface area contributed by atoms with E-state index in [9.17, 15) is 4.79 Å². The van der Waals surface area contributed by atoms with Crippen molar-refractivity contribution < 1.29 is 14.7 Å². The third-order valence-corrected chi connectivity index (χ3v) is 5.25. The number of nitrogens with zero attached hydrogens (tertiary/aromatic N) is 2. The molecule has 2 aromatic carbocycles. The van der Waals surface area contributed by atoms with Crippen molar-refractivity contribution in [3.8, 4) is 11.3 Å². The molecular weight excluding hydrogens is 392 g/mol. The zero-order valence-electron chi connectivity index (χ0n) is 17.3. The lowest BCUT2D eigenvalue weighted by Gasteiger charge is -2.26. The summed E-state index contributed by atoms with van der Waals surface area (Å²) in [6.45, 7) is 4.19. The summed E-state index contributed by atoms with van der Waals surface area (Å²) in [4.78, 5) is 22.0. The van der Waals surface area contributed by atoms with Crippen molar-refractivity contribution in [3.05, 3.63) is 83.3 Å². The number of imidazole rings is 1. The molecule has 0 radical (unpaired) electrons. The molecule has 160 valence electrons. The van der Waals surface area contributed by atoms with Crippen LogP contribution < -0.4 is 5.48 Å². The Balaban J connectivity index is 1.52. The number of hydroxylamine groups is 1. The molecule has 3 N–H and O–H groups in total. The Labute approximate surface area is 181 Å². The standard InChI is InChI=1S/C24H26N4O3/c29-23(27-30)11-10-18-6-8-19(9-7-18)16-22-25-21(17-28-12-14-31-15-13-28)24(26-22)20-4-2-1-3-5-20/h1-11,30H,12-17H2,(H,25,26)(H,27,29). The van der Waals surface area contributed by atoms with Crippen molar-refractivity contribution >= 4 is 12.0 Å². The van der Waals surface area contributed by atoms with Crippen LogP contribution in [0, 0.1) is 0 Å². The molecule has 7 heteroatoms. The predicted octanol–water partition coefficient (Wildman–Crippen LogP) is 3.02. The second-order valence-electron chi connectivity index (χ2n) is 7.49. The summed E-state index contributed by atoms with van der Waals surface area (Å²) < 4.78 is 5.48. The van der Waals surface area contributed by atoms with Crippen LogP contribution in [0.2, 0.25) is 0 Å². The van der Waals surface area contributed by atoms with Gasteiger partial charge in [-0.1, -0.05) is 54.6 Å². The van der Waals surface area contributed by atoms with Gasteiger partial charge in [0.15, 0.2) is 0 Å². The highest BCUT2D eigenvalue weighted by molar-refractivity contribution is 5.90. The largest absolute Gasteiger partial charge is 0.379 e. The molecule has 3 aromatic rings. The molecular formula is C24H26N4O3. The number of morpholine rings is 1. The zero-order valence-corrected chi connectivity index (χ0v) is 17.3. The molecule has 31 heavy (non-hydrogen) atoms. The van der Waals surface area contributed by atoms with E-state index in [-0.39, 0.29) is 0 Å². The van der Waals surface area contributed by atoms with Crippen molar-refractivity contribution in [2.24, 2.45) is 0 Å². The van der Waals surface area contributed by atoms with Gasteiger partial charge in [-0.25, -0.2) is 10.5 Å². The number of amides is 1. The lowest BCUT2D eigenvalue weighted by molar-refractivity contribution is -0.124. The van der Waals surface area contributed by atoms with Crippen molar-refractivity contribution in [1.82, 2.24) is 20.3 Å². The van der Waals surface area contributed by atoms with Crippen LogP contribution in [0.5, 0.6) is 0 Å². The van der Waals surface area contributed by atoms with Gasteiger partial charge in [0.05, 0.1) is 24.6 Å². The maximum absolute atomic E-state index is 11.1. The molecule has 1 saturated heterocycles. The van der Waals surface area contributed by atoms with Crippen LogP contribution in [-0.2, 0) is 22.5 Å². The van der Waals surface area contributed by atoms with E-state index in [1.54, 1.807) is 11.6 Å². The van der Waals surface area contributed by atoms with E-state index in [0.717, 1.165) is 66.8 Å². The molecule has 1 amide bonds. The van der Waals surface area contributed by atoms with E-state index < -0.39 is 5.91 Å². The number of carbonyl (C=O) groups excluding carboxylic acids is 1. The number of nitrogens with one attached hydrogen (secondary N) is 2. The lowest BCUT2D eigenvalue weighted by Crippen LogP contribution is -2.35. The number of aromatic amines is 1. The quantitative estimate of drug-likeness (QED) is 0.312. The second-order valence-corrected chi connectivity index (χ2v) is 7.49. The monoisotopic (exact) mass is 418 g/mol. The van der Waals surface area contributed by atoms with Gasteiger partial charge in [0.25, 0.3) is 5.91 Å². The first kappa shape index (κ1) is 21.0. The SMILES string of the molecule is O=C(C=Cc1ccc(Cc2nc(-c3ccccc3)c(CN3CCOCC3)[nH]2)cc1)NO. The van der Waals surface area contributed by atoms with Crippen LogP contribution in [0.3, 0.4) is 0 Å². The third kappa shape index (κ3) is 5.67. The maximum Gasteiger partial charge on any atom is 0.267 e. The average Bonchev–Trinajstić information content (AvgIpc) is 3.21. The molecule has 7 nitrogen and oxygen atoms in total. The molecule has 1 aliphatic heterocycles. The number of hydrogen-bond acceptors (Lipinski definition) is 5. The first-order valence-electron chi connectivity index (χ1n) is 10.4. The Bertz CT molecular complexity index is 1020. The summed E-state index contributed by atoms with van der Waals surface area (Å²) in [5.74, 6) is 0.367. The molecule has 1 aromatic heterocycles. The zero-order chi connectivity index (χ0) is 21.5. The van der Waals surface area contributed by atoms with Crippen LogP contribution in [-0.4, -0.2) is 52.3 Å². The highest BCUT2D eigenvalue weighted by Crippen LogP contribution is 2.24. The van der Waals surface area contributed by atoms with Crippen LogP contribution in [0.1, 0.15) is 22.6 Å². The first-order chi connectivity index (χ1) is 15.2. The van der Waals surface area contributed by atoms with E-state index in [0.29, 0.717) is 6.42 Å². The van der Waals surface area contributed by atoms with Gasteiger partial charge in [-0.15, -0.1) is 0 Å². The second kappa shape index (κ2) is 10.2. The Morgan fingerprint density at radius 3 is 2.58 bits per heavy atom. The number of aromatic nitrogens is 2. The van der Waals surface area contributed by atoms with Crippen molar-refractivity contribution in [1.29, 1.82) is 0 Å². The minimum absolute atomic E-state index is 0.555. The van der Waals surface area contributed by atoms with E-state index in [2.05, 4.69) is 22.0 Å². The van der Waals surface area contributed by atoms with Crippen molar-refractivity contribution in [3.63, 3.8) is 0 Å². The van der Waals surface area contributed by atoms with Gasteiger partial charge in [-0.2, -0.15) is 0 Å². The first-order valence-corrected chi connectivity index (χ1v) is 10.4. The lowest BCUT2D eigenvalue weighted by atomic mass is 10.1. The Kier molecular flexibility index (Phi) is 6.89. The highest BCUT2D eigenvalue weighted by Gasteiger charge is 2.17. The summed E-state index contributed by atoms with van der Waals surface area (Å²) in [7, 11) is 0. The van der Waals surface area contributed by atoms with Crippen molar-refractivity contribution in [2.45, 2.75) is 13.0 Å². The normalized spacial score (nSPS) is 14.7.